The molecule has 0 fully saturated rings. The van der Waals surface area contributed by atoms with Crippen LogP contribution in [0.4, 0.5) is 0 Å². The predicted molar refractivity (Wildman–Crippen MR) is 83.8 cm³/mol. The SMILES string of the molecule is CC1=C(/C=C/C(=O)CO[Si](C)(C)C)C(C)(C)CCC1. The molecule has 0 aromatic heterocycles. The van der Waals surface area contributed by atoms with E-state index in [0.717, 1.165) is 6.42 Å². The first-order valence-electron chi connectivity index (χ1n) is 7.17. The van der Waals surface area contributed by atoms with Crippen molar-refractivity contribution >= 4 is 14.1 Å². The average molecular weight is 280 g/mol. The van der Waals surface area contributed by atoms with Gasteiger partial charge in [-0.15, -0.1) is 0 Å². The highest BCUT2D eigenvalue weighted by atomic mass is 28.4. The molecule has 0 aliphatic heterocycles. The lowest BCUT2D eigenvalue weighted by molar-refractivity contribution is -0.116. The van der Waals surface area contributed by atoms with Crippen LogP contribution in [0.5, 0.6) is 0 Å². The molecule has 0 heterocycles. The fraction of sp³-hybridized carbons (Fsp3) is 0.688. The molecule has 0 atom stereocenters. The topological polar surface area (TPSA) is 26.3 Å². The number of carbonyl (C=O) groups is 1. The van der Waals surface area contributed by atoms with Crippen LogP contribution in [0.25, 0.3) is 0 Å². The van der Waals surface area contributed by atoms with Crippen LogP contribution in [0.3, 0.4) is 0 Å². The van der Waals surface area contributed by atoms with Crippen LogP contribution in [0.1, 0.15) is 40.0 Å². The Balaban J connectivity index is 2.67. The van der Waals surface area contributed by atoms with Crippen molar-refractivity contribution in [1.29, 1.82) is 0 Å². The number of allylic oxidation sites excluding steroid dienone is 3. The van der Waals surface area contributed by atoms with Gasteiger partial charge >= 0.3 is 0 Å². The zero-order valence-electron chi connectivity index (χ0n) is 13.3. The van der Waals surface area contributed by atoms with E-state index in [2.05, 4.69) is 40.4 Å². The second-order valence-corrected chi connectivity index (χ2v) is 11.6. The first-order valence-corrected chi connectivity index (χ1v) is 10.6. The van der Waals surface area contributed by atoms with Gasteiger partial charge in [0, 0.05) is 0 Å². The van der Waals surface area contributed by atoms with Gasteiger partial charge in [0.25, 0.3) is 0 Å². The van der Waals surface area contributed by atoms with Crippen LogP contribution in [-0.4, -0.2) is 20.7 Å². The van der Waals surface area contributed by atoms with E-state index in [4.69, 9.17) is 4.43 Å². The van der Waals surface area contributed by atoms with Gasteiger partial charge in [0.1, 0.15) is 0 Å². The van der Waals surface area contributed by atoms with E-state index in [1.807, 2.05) is 6.08 Å². The van der Waals surface area contributed by atoms with Gasteiger partial charge in [0.05, 0.1) is 6.61 Å². The van der Waals surface area contributed by atoms with E-state index < -0.39 is 8.32 Å². The van der Waals surface area contributed by atoms with E-state index in [1.165, 1.54) is 24.0 Å². The van der Waals surface area contributed by atoms with E-state index >= 15 is 0 Å². The Morgan fingerprint density at radius 1 is 1.37 bits per heavy atom. The van der Waals surface area contributed by atoms with Crippen LogP contribution in [-0.2, 0) is 9.22 Å². The van der Waals surface area contributed by atoms with Crippen molar-refractivity contribution in [1.82, 2.24) is 0 Å². The third kappa shape index (κ3) is 5.45. The minimum absolute atomic E-state index is 0.0732. The van der Waals surface area contributed by atoms with E-state index in [0.29, 0.717) is 0 Å². The van der Waals surface area contributed by atoms with Gasteiger partial charge in [-0.05, 0) is 62.9 Å². The van der Waals surface area contributed by atoms with Crippen molar-refractivity contribution in [2.75, 3.05) is 6.61 Å². The first-order chi connectivity index (χ1) is 8.62. The van der Waals surface area contributed by atoms with Gasteiger partial charge in [-0.1, -0.05) is 25.5 Å². The molecular weight excluding hydrogens is 252 g/mol. The number of ketones is 1. The molecule has 0 aromatic carbocycles. The highest BCUT2D eigenvalue weighted by molar-refractivity contribution is 6.69. The van der Waals surface area contributed by atoms with Crippen LogP contribution in [0.2, 0.25) is 19.6 Å². The van der Waals surface area contributed by atoms with Crippen molar-refractivity contribution < 1.29 is 9.22 Å². The molecule has 0 aromatic rings. The van der Waals surface area contributed by atoms with E-state index in [-0.39, 0.29) is 17.8 Å². The maximum atomic E-state index is 11.8. The van der Waals surface area contributed by atoms with Crippen molar-refractivity contribution in [3.05, 3.63) is 23.3 Å². The molecule has 0 radical (unpaired) electrons. The molecule has 0 unspecified atom stereocenters. The summed E-state index contributed by atoms with van der Waals surface area (Å²) < 4.78 is 5.63. The van der Waals surface area contributed by atoms with Crippen LogP contribution < -0.4 is 0 Å². The summed E-state index contributed by atoms with van der Waals surface area (Å²) in [5, 5.41) is 0. The van der Waals surface area contributed by atoms with Crippen LogP contribution in [0.15, 0.2) is 23.3 Å². The zero-order valence-corrected chi connectivity index (χ0v) is 14.3. The Labute approximate surface area is 119 Å². The van der Waals surface area contributed by atoms with Crippen molar-refractivity contribution in [2.45, 2.75) is 59.7 Å². The summed E-state index contributed by atoms with van der Waals surface area (Å²) >= 11 is 0. The zero-order chi connectivity index (χ0) is 14.7. The average Bonchev–Trinajstić information content (AvgIpc) is 2.23. The third-order valence-electron chi connectivity index (χ3n) is 3.63. The summed E-state index contributed by atoms with van der Waals surface area (Å²) in [5.41, 5.74) is 2.95. The number of carbonyl (C=O) groups excluding carboxylic acids is 1. The molecule has 1 rings (SSSR count). The summed E-state index contributed by atoms with van der Waals surface area (Å²) in [4.78, 5) is 11.8. The Morgan fingerprint density at radius 3 is 2.53 bits per heavy atom. The summed E-state index contributed by atoms with van der Waals surface area (Å²) in [5.74, 6) is 0.0732. The lowest BCUT2D eigenvalue weighted by atomic mass is 9.72. The maximum Gasteiger partial charge on any atom is 0.184 e. The minimum Gasteiger partial charge on any atom is -0.410 e. The lowest BCUT2D eigenvalue weighted by Gasteiger charge is -2.32. The summed E-state index contributed by atoms with van der Waals surface area (Å²) in [7, 11) is -1.60. The molecular formula is C16H28O2Si. The molecule has 2 nitrogen and oxygen atoms in total. The van der Waals surface area contributed by atoms with Crippen molar-refractivity contribution in [2.24, 2.45) is 5.41 Å². The van der Waals surface area contributed by atoms with Gasteiger partial charge in [-0.3, -0.25) is 4.79 Å². The molecule has 0 N–H and O–H groups in total. The minimum atomic E-state index is -1.60. The summed E-state index contributed by atoms with van der Waals surface area (Å²) in [6.45, 7) is 13.2. The van der Waals surface area contributed by atoms with Crippen LogP contribution >= 0.6 is 0 Å². The Kier molecular flexibility index (Phi) is 5.33. The number of hydrogen-bond donors (Lipinski definition) is 0. The van der Waals surface area contributed by atoms with Crippen LogP contribution in [0, 0.1) is 5.41 Å². The van der Waals surface area contributed by atoms with Gasteiger partial charge in [0.15, 0.2) is 14.1 Å². The standard InChI is InChI=1S/C16H28O2Si/c1-13-8-7-11-16(2,3)15(13)10-9-14(17)12-18-19(4,5)6/h9-10H,7-8,11-12H2,1-6H3/b10-9+. The van der Waals surface area contributed by atoms with Crippen molar-refractivity contribution in [3.8, 4) is 0 Å². The highest BCUT2D eigenvalue weighted by Crippen LogP contribution is 2.40. The largest absolute Gasteiger partial charge is 0.410 e. The normalized spacial score (nSPS) is 20.1. The van der Waals surface area contributed by atoms with E-state index in [1.54, 1.807) is 6.08 Å². The van der Waals surface area contributed by atoms with E-state index in [9.17, 15) is 4.79 Å². The predicted octanol–water partition coefficient (Wildman–Crippen LogP) is 4.49. The van der Waals surface area contributed by atoms with Crippen molar-refractivity contribution in [3.63, 3.8) is 0 Å². The Morgan fingerprint density at radius 2 is 2.00 bits per heavy atom. The fourth-order valence-corrected chi connectivity index (χ4v) is 3.10. The molecule has 0 amide bonds. The molecule has 108 valence electrons. The molecule has 0 spiro atoms. The van der Waals surface area contributed by atoms with Gasteiger partial charge in [-0.25, -0.2) is 0 Å². The first kappa shape index (κ1) is 16.4. The molecule has 0 saturated heterocycles. The molecule has 1 aliphatic carbocycles. The third-order valence-corrected chi connectivity index (χ3v) is 4.64. The second kappa shape index (κ2) is 6.19. The quantitative estimate of drug-likeness (QED) is 0.548. The number of rotatable bonds is 5. The van der Waals surface area contributed by atoms with Gasteiger partial charge < -0.3 is 4.43 Å². The lowest BCUT2D eigenvalue weighted by Crippen LogP contribution is -2.28. The fourth-order valence-electron chi connectivity index (χ4n) is 2.52. The summed E-state index contributed by atoms with van der Waals surface area (Å²) in [6.07, 6.45) is 7.33. The molecule has 0 bridgehead atoms. The molecule has 0 saturated carbocycles. The monoisotopic (exact) mass is 280 g/mol. The molecule has 1 aliphatic rings. The van der Waals surface area contributed by atoms with Gasteiger partial charge in [-0.2, -0.15) is 0 Å². The maximum absolute atomic E-state index is 11.8. The Hall–Kier alpha value is -0.673. The molecule has 3 heteroatoms. The smallest absolute Gasteiger partial charge is 0.184 e. The second-order valence-electron chi connectivity index (χ2n) is 7.13. The summed E-state index contributed by atoms with van der Waals surface area (Å²) in [6, 6.07) is 0. The Bertz CT molecular complexity index is 397. The van der Waals surface area contributed by atoms with Gasteiger partial charge in [0.2, 0.25) is 0 Å². The molecule has 19 heavy (non-hydrogen) atoms. The number of hydrogen-bond acceptors (Lipinski definition) is 2. The highest BCUT2D eigenvalue weighted by Gasteiger charge is 2.26.